The number of aryl methyl sites for hydroxylation is 3. The Labute approximate surface area is 175 Å². The minimum absolute atomic E-state index is 0.0853. The van der Waals surface area contributed by atoms with Crippen LogP contribution in [0.15, 0.2) is 52.2 Å². The van der Waals surface area contributed by atoms with Crippen LogP contribution in [0.4, 0.5) is 5.69 Å². The largest absolute Gasteiger partial charge is 0.329 e. The molecule has 1 heterocycles. The first-order valence-corrected chi connectivity index (χ1v) is 11.3. The van der Waals surface area contributed by atoms with Crippen molar-refractivity contribution in [3.63, 3.8) is 0 Å². The summed E-state index contributed by atoms with van der Waals surface area (Å²) in [6, 6.07) is 12.3. The maximum Gasteiger partial charge on any atom is 0.329 e. The molecule has 0 radical (unpaired) electrons. The third-order valence-corrected chi connectivity index (χ3v) is 6.52. The molecule has 3 rings (SSSR count). The first kappa shape index (κ1) is 21.8. The van der Waals surface area contributed by atoms with E-state index in [0.29, 0.717) is 17.8 Å². The summed E-state index contributed by atoms with van der Waals surface area (Å²) >= 11 is 0. The molecule has 0 aliphatic rings. The molecule has 3 aromatic rings. The van der Waals surface area contributed by atoms with Gasteiger partial charge in [0.2, 0.25) is 15.9 Å². The Morgan fingerprint density at radius 3 is 2.27 bits per heavy atom. The molecule has 30 heavy (non-hydrogen) atoms. The van der Waals surface area contributed by atoms with Crippen molar-refractivity contribution in [2.75, 3.05) is 12.4 Å². The number of sulfonamides is 1. The first-order valence-electron chi connectivity index (χ1n) is 9.80. The Hall–Kier alpha value is -2.91. The van der Waals surface area contributed by atoms with Crippen LogP contribution in [0.25, 0.3) is 11.0 Å². The number of imidazole rings is 1. The van der Waals surface area contributed by atoms with Gasteiger partial charge in [0, 0.05) is 25.2 Å². The molecule has 0 saturated heterocycles. The summed E-state index contributed by atoms with van der Waals surface area (Å²) in [5.74, 6) is -0.300. The van der Waals surface area contributed by atoms with E-state index in [9.17, 15) is 18.0 Å². The van der Waals surface area contributed by atoms with Crippen molar-refractivity contribution in [3.05, 3.63) is 58.5 Å². The van der Waals surface area contributed by atoms with Gasteiger partial charge in [-0.2, -0.15) is 0 Å². The molecule has 0 unspecified atom stereocenters. The van der Waals surface area contributed by atoms with E-state index in [4.69, 9.17) is 0 Å². The van der Waals surface area contributed by atoms with Gasteiger partial charge in [0.1, 0.15) is 0 Å². The molecule has 0 atom stereocenters. The Morgan fingerprint density at radius 1 is 1.03 bits per heavy atom. The van der Waals surface area contributed by atoms with Crippen LogP contribution in [-0.2, 0) is 27.9 Å². The van der Waals surface area contributed by atoms with E-state index >= 15 is 0 Å². The number of nitrogens with zero attached hydrogens (tertiary/aromatic N) is 2. The monoisotopic (exact) mass is 430 g/mol. The highest BCUT2D eigenvalue weighted by Gasteiger charge is 2.17. The molecule has 0 fully saturated rings. The maximum atomic E-state index is 12.8. The smallest absolute Gasteiger partial charge is 0.326 e. The zero-order valence-electron chi connectivity index (χ0n) is 17.3. The molecule has 1 amide bonds. The second kappa shape index (κ2) is 8.85. The van der Waals surface area contributed by atoms with Crippen LogP contribution in [0.5, 0.6) is 0 Å². The fraction of sp³-hybridized carbons (Fsp3) is 0.333. The van der Waals surface area contributed by atoms with E-state index in [1.54, 1.807) is 28.2 Å². The van der Waals surface area contributed by atoms with Crippen molar-refractivity contribution in [1.82, 2.24) is 13.9 Å². The number of nitrogens with one attached hydrogen (secondary N) is 2. The van der Waals surface area contributed by atoms with Gasteiger partial charge in [-0.15, -0.1) is 0 Å². The molecule has 0 spiro atoms. The first-order chi connectivity index (χ1) is 14.3. The van der Waals surface area contributed by atoms with Crippen LogP contribution in [0.2, 0.25) is 0 Å². The average molecular weight is 431 g/mol. The molecular formula is C21H26N4O4S. The summed E-state index contributed by atoms with van der Waals surface area (Å²) < 4.78 is 29.9. The van der Waals surface area contributed by atoms with Gasteiger partial charge in [-0.25, -0.2) is 17.9 Å². The van der Waals surface area contributed by atoms with Crippen molar-refractivity contribution in [1.29, 1.82) is 0 Å². The van der Waals surface area contributed by atoms with E-state index in [1.807, 2.05) is 31.2 Å². The van der Waals surface area contributed by atoms with E-state index in [-0.39, 0.29) is 29.5 Å². The highest BCUT2D eigenvalue weighted by molar-refractivity contribution is 7.89. The van der Waals surface area contributed by atoms with Crippen molar-refractivity contribution >= 4 is 32.7 Å². The molecular weight excluding hydrogens is 404 g/mol. The lowest BCUT2D eigenvalue weighted by Gasteiger charge is -2.10. The van der Waals surface area contributed by atoms with Gasteiger partial charge in [0.05, 0.1) is 15.9 Å². The molecule has 9 heteroatoms. The Balaban J connectivity index is 1.79. The van der Waals surface area contributed by atoms with Crippen molar-refractivity contribution in [2.24, 2.45) is 0 Å². The van der Waals surface area contributed by atoms with E-state index in [2.05, 4.69) is 10.0 Å². The molecule has 8 nitrogen and oxygen atoms in total. The van der Waals surface area contributed by atoms with Crippen LogP contribution in [0.3, 0.4) is 0 Å². The van der Waals surface area contributed by atoms with Gasteiger partial charge in [-0.3, -0.25) is 13.9 Å². The Bertz CT molecular complexity index is 1240. The van der Waals surface area contributed by atoms with Crippen LogP contribution in [-0.4, -0.2) is 30.5 Å². The van der Waals surface area contributed by atoms with Crippen LogP contribution in [0.1, 0.15) is 25.3 Å². The summed E-state index contributed by atoms with van der Waals surface area (Å²) in [6.45, 7) is 4.55. The molecule has 0 saturated carbocycles. The number of rotatable bonds is 8. The summed E-state index contributed by atoms with van der Waals surface area (Å²) in [6.07, 6.45) is 0.918. The number of benzene rings is 2. The topological polar surface area (TPSA) is 102 Å². The number of anilines is 1. The van der Waals surface area contributed by atoms with Crippen molar-refractivity contribution in [2.45, 2.75) is 44.7 Å². The second-order valence-electron chi connectivity index (χ2n) is 7.06. The van der Waals surface area contributed by atoms with Crippen molar-refractivity contribution in [3.8, 4) is 0 Å². The molecule has 0 bridgehead atoms. The number of carbonyl (C=O) groups excluding carboxylic acids is 1. The van der Waals surface area contributed by atoms with E-state index in [1.165, 1.54) is 13.1 Å². The standard InChI is InChI=1S/C21H26N4O4S/c1-4-12-24-17-7-5-6-8-18(17)25(21(24)27)13-11-20(26)23-16-10-9-15(2)19(14-16)30(28,29)22-3/h5-10,14,22H,4,11-13H2,1-3H3,(H,23,26). The predicted octanol–water partition coefficient (Wildman–Crippen LogP) is 2.46. The second-order valence-corrected chi connectivity index (χ2v) is 8.92. The summed E-state index contributed by atoms with van der Waals surface area (Å²) in [4.78, 5) is 25.4. The number of fused-ring (bicyclic) bond motifs is 1. The lowest BCUT2D eigenvalue weighted by molar-refractivity contribution is -0.116. The maximum absolute atomic E-state index is 12.8. The Morgan fingerprint density at radius 2 is 1.67 bits per heavy atom. The van der Waals surface area contributed by atoms with E-state index < -0.39 is 10.0 Å². The SMILES string of the molecule is CCCn1c(=O)n(CCC(=O)Nc2ccc(C)c(S(=O)(=O)NC)c2)c2ccccc21. The van der Waals surface area contributed by atoms with Gasteiger partial charge >= 0.3 is 5.69 Å². The van der Waals surface area contributed by atoms with Crippen molar-refractivity contribution < 1.29 is 13.2 Å². The third-order valence-electron chi connectivity index (χ3n) is 4.96. The fourth-order valence-corrected chi connectivity index (χ4v) is 4.44. The molecule has 160 valence electrons. The Kier molecular flexibility index (Phi) is 6.42. The highest BCUT2D eigenvalue weighted by atomic mass is 32.2. The molecule has 1 aromatic heterocycles. The fourth-order valence-electron chi connectivity index (χ4n) is 3.44. The zero-order chi connectivity index (χ0) is 21.9. The van der Waals surface area contributed by atoms with Crippen LogP contribution >= 0.6 is 0 Å². The summed E-state index contributed by atoms with van der Waals surface area (Å²) in [5.41, 5.74) is 2.48. The van der Waals surface area contributed by atoms with Crippen LogP contribution in [0, 0.1) is 6.92 Å². The van der Waals surface area contributed by atoms with Gasteiger partial charge in [-0.05, 0) is 50.2 Å². The molecule has 0 aliphatic heterocycles. The molecule has 0 aliphatic carbocycles. The average Bonchev–Trinajstić information content (AvgIpc) is 2.99. The van der Waals surface area contributed by atoms with Gasteiger partial charge < -0.3 is 5.32 Å². The van der Waals surface area contributed by atoms with Crippen LogP contribution < -0.4 is 15.7 Å². The number of amides is 1. The molecule has 2 N–H and O–H groups in total. The lowest BCUT2D eigenvalue weighted by atomic mass is 10.2. The lowest BCUT2D eigenvalue weighted by Crippen LogP contribution is -2.26. The summed E-state index contributed by atoms with van der Waals surface area (Å²) in [5, 5.41) is 2.72. The normalized spacial score (nSPS) is 11.7. The molecule has 2 aromatic carbocycles. The highest BCUT2D eigenvalue weighted by Crippen LogP contribution is 2.20. The van der Waals surface area contributed by atoms with E-state index in [0.717, 1.165) is 17.5 Å². The number of hydrogen-bond donors (Lipinski definition) is 2. The van der Waals surface area contributed by atoms with Gasteiger partial charge in [-0.1, -0.05) is 25.1 Å². The van der Waals surface area contributed by atoms with Gasteiger partial charge in [0.25, 0.3) is 0 Å². The van der Waals surface area contributed by atoms with Gasteiger partial charge in [0.15, 0.2) is 0 Å². The number of carbonyl (C=O) groups is 1. The quantitative estimate of drug-likeness (QED) is 0.573. The number of aromatic nitrogens is 2. The minimum atomic E-state index is -3.62. The third kappa shape index (κ3) is 4.31. The predicted molar refractivity (Wildman–Crippen MR) is 117 cm³/mol. The number of hydrogen-bond acceptors (Lipinski definition) is 4. The minimum Gasteiger partial charge on any atom is -0.326 e. The zero-order valence-corrected chi connectivity index (χ0v) is 18.1. The summed E-state index contributed by atoms with van der Waals surface area (Å²) in [7, 11) is -2.28. The number of para-hydroxylation sites is 2.